The molecule has 0 bridgehead atoms. The van der Waals surface area contributed by atoms with E-state index in [0.29, 0.717) is 19.1 Å². The molecule has 0 amide bonds. The Kier molecular flexibility index (Phi) is 5.10. The minimum absolute atomic E-state index is 0.00381. The molecule has 1 aliphatic carbocycles. The van der Waals surface area contributed by atoms with E-state index in [-0.39, 0.29) is 15.7 Å². The van der Waals surface area contributed by atoms with Crippen LogP contribution >= 0.6 is 11.6 Å². The summed E-state index contributed by atoms with van der Waals surface area (Å²) in [5.74, 6) is 0.00381. The van der Waals surface area contributed by atoms with Crippen LogP contribution in [0.5, 0.6) is 0 Å². The number of pyridine rings is 1. The molecule has 0 radical (unpaired) electrons. The van der Waals surface area contributed by atoms with Crippen molar-refractivity contribution >= 4 is 27.4 Å². The number of hydrogen-bond donors (Lipinski definition) is 1. The van der Waals surface area contributed by atoms with E-state index in [1.54, 1.807) is 0 Å². The van der Waals surface area contributed by atoms with Gasteiger partial charge in [0.15, 0.2) is 0 Å². The van der Waals surface area contributed by atoms with Gasteiger partial charge < -0.3 is 5.73 Å². The van der Waals surface area contributed by atoms with Crippen molar-refractivity contribution in [2.45, 2.75) is 43.0 Å². The fraction of sp³-hybridized carbons (Fsp3) is 0.667. The molecule has 1 aromatic rings. The molecule has 1 aliphatic heterocycles. The van der Waals surface area contributed by atoms with Gasteiger partial charge in [-0.2, -0.15) is 4.31 Å². The lowest BCUT2D eigenvalue weighted by Gasteiger charge is -2.40. The van der Waals surface area contributed by atoms with Crippen molar-refractivity contribution in [1.82, 2.24) is 14.2 Å². The molecule has 2 N–H and O–H groups in total. The van der Waals surface area contributed by atoms with E-state index < -0.39 is 10.0 Å². The van der Waals surface area contributed by atoms with Crippen LogP contribution in [0.4, 0.5) is 5.82 Å². The molecule has 0 unspecified atom stereocenters. The second kappa shape index (κ2) is 6.93. The van der Waals surface area contributed by atoms with Crippen LogP contribution in [0.1, 0.15) is 32.1 Å². The van der Waals surface area contributed by atoms with Crippen molar-refractivity contribution in [3.63, 3.8) is 0 Å². The number of nitrogens with zero attached hydrogens (tertiary/aromatic N) is 3. The molecule has 8 heteroatoms. The van der Waals surface area contributed by atoms with Crippen molar-refractivity contribution in [3.05, 3.63) is 17.3 Å². The van der Waals surface area contributed by atoms with E-state index in [1.165, 1.54) is 48.7 Å². The quantitative estimate of drug-likeness (QED) is 0.893. The lowest BCUT2D eigenvalue weighted by Crippen LogP contribution is -2.52. The van der Waals surface area contributed by atoms with Gasteiger partial charge in [-0.1, -0.05) is 30.9 Å². The first-order valence-electron chi connectivity index (χ1n) is 8.14. The lowest BCUT2D eigenvalue weighted by atomic mass is 9.94. The third-order valence-electron chi connectivity index (χ3n) is 4.83. The maximum absolute atomic E-state index is 12.8. The van der Waals surface area contributed by atoms with Gasteiger partial charge in [0.1, 0.15) is 10.7 Å². The highest BCUT2D eigenvalue weighted by atomic mass is 35.5. The highest BCUT2D eigenvalue weighted by molar-refractivity contribution is 7.89. The summed E-state index contributed by atoms with van der Waals surface area (Å²) in [7, 11) is -3.63. The summed E-state index contributed by atoms with van der Waals surface area (Å²) in [5, 5.41) is 0.276. The van der Waals surface area contributed by atoms with E-state index in [4.69, 9.17) is 17.3 Å². The summed E-state index contributed by atoms with van der Waals surface area (Å²) < 4.78 is 27.0. The number of aromatic nitrogens is 1. The molecule has 2 fully saturated rings. The van der Waals surface area contributed by atoms with Crippen LogP contribution in [0.15, 0.2) is 17.2 Å². The number of rotatable bonds is 3. The van der Waals surface area contributed by atoms with E-state index >= 15 is 0 Å². The molecule has 0 atom stereocenters. The van der Waals surface area contributed by atoms with E-state index in [9.17, 15) is 8.42 Å². The van der Waals surface area contributed by atoms with Crippen molar-refractivity contribution in [2.75, 3.05) is 31.9 Å². The zero-order chi connectivity index (χ0) is 16.4. The normalized spacial score (nSPS) is 22.3. The first-order chi connectivity index (χ1) is 11.0. The zero-order valence-corrected chi connectivity index (χ0v) is 14.7. The average molecular weight is 359 g/mol. The van der Waals surface area contributed by atoms with E-state index in [2.05, 4.69) is 9.88 Å². The van der Waals surface area contributed by atoms with Gasteiger partial charge in [-0.05, 0) is 18.9 Å². The molecular weight excluding hydrogens is 336 g/mol. The van der Waals surface area contributed by atoms with Gasteiger partial charge in [0.2, 0.25) is 10.0 Å². The molecule has 2 aliphatic rings. The second-order valence-electron chi connectivity index (χ2n) is 6.27. The van der Waals surface area contributed by atoms with Gasteiger partial charge in [0, 0.05) is 38.4 Å². The Bertz CT molecular complexity index is 653. The number of sulfonamides is 1. The molecule has 128 valence electrons. The SMILES string of the molecule is Nc1ncc(Cl)cc1S(=O)(=O)N1CCN(C2CCCCC2)CC1. The summed E-state index contributed by atoms with van der Waals surface area (Å²) in [6.07, 6.45) is 7.72. The Morgan fingerprint density at radius 3 is 2.43 bits per heavy atom. The molecule has 0 aromatic carbocycles. The number of piperazine rings is 1. The number of halogens is 1. The fourth-order valence-electron chi connectivity index (χ4n) is 3.53. The molecule has 1 saturated carbocycles. The Morgan fingerprint density at radius 2 is 1.78 bits per heavy atom. The summed E-state index contributed by atoms with van der Waals surface area (Å²) in [6, 6.07) is 2.00. The summed E-state index contributed by atoms with van der Waals surface area (Å²) in [4.78, 5) is 6.30. The third-order valence-corrected chi connectivity index (χ3v) is 6.97. The monoisotopic (exact) mass is 358 g/mol. The number of nitrogens with two attached hydrogens (primary N) is 1. The summed E-state index contributed by atoms with van der Waals surface area (Å²) in [6.45, 7) is 2.53. The largest absolute Gasteiger partial charge is 0.383 e. The third kappa shape index (κ3) is 3.63. The number of nitrogen functional groups attached to an aromatic ring is 1. The van der Waals surface area contributed by atoms with Crippen LogP contribution in [0.2, 0.25) is 5.02 Å². The molecule has 3 rings (SSSR count). The van der Waals surface area contributed by atoms with Crippen LogP contribution in [-0.4, -0.2) is 54.8 Å². The zero-order valence-electron chi connectivity index (χ0n) is 13.1. The average Bonchev–Trinajstić information content (AvgIpc) is 2.58. The first-order valence-corrected chi connectivity index (χ1v) is 9.95. The van der Waals surface area contributed by atoms with E-state index in [1.807, 2.05) is 0 Å². The van der Waals surface area contributed by atoms with Crippen molar-refractivity contribution < 1.29 is 8.42 Å². The Balaban J connectivity index is 1.69. The predicted octanol–water partition coefficient (Wildman–Crippen LogP) is 1.96. The molecule has 6 nitrogen and oxygen atoms in total. The minimum Gasteiger partial charge on any atom is -0.383 e. The van der Waals surface area contributed by atoms with Crippen molar-refractivity contribution in [1.29, 1.82) is 0 Å². The fourth-order valence-corrected chi connectivity index (χ4v) is 5.27. The smallest absolute Gasteiger partial charge is 0.246 e. The standard InChI is InChI=1S/C15H23ClN4O2S/c16-12-10-14(15(17)18-11-12)23(21,22)20-8-6-19(7-9-20)13-4-2-1-3-5-13/h10-11,13H,1-9H2,(H2,17,18). The highest BCUT2D eigenvalue weighted by Crippen LogP contribution is 2.27. The molecule has 2 heterocycles. The van der Waals surface area contributed by atoms with Crippen LogP contribution in [-0.2, 0) is 10.0 Å². The predicted molar refractivity (Wildman–Crippen MR) is 90.9 cm³/mol. The van der Waals surface area contributed by atoms with Crippen LogP contribution in [0, 0.1) is 0 Å². The van der Waals surface area contributed by atoms with Crippen molar-refractivity contribution in [2.24, 2.45) is 0 Å². The van der Waals surface area contributed by atoms with Crippen LogP contribution in [0.25, 0.3) is 0 Å². The van der Waals surface area contributed by atoms with Gasteiger partial charge in [-0.25, -0.2) is 13.4 Å². The van der Waals surface area contributed by atoms with Crippen LogP contribution < -0.4 is 5.73 Å². The first kappa shape index (κ1) is 17.0. The summed E-state index contributed by atoms with van der Waals surface area (Å²) in [5.41, 5.74) is 5.74. The molecule has 23 heavy (non-hydrogen) atoms. The second-order valence-corrected chi connectivity index (χ2v) is 8.61. The molecule has 1 aromatic heterocycles. The molecule has 0 spiro atoms. The molecule has 1 saturated heterocycles. The summed E-state index contributed by atoms with van der Waals surface area (Å²) >= 11 is 5.88. The Labute approximate surface area is 142 Å². The van der Waals surface area contributed by atoms with Gasteiger partial charge in [0.25, 0.3) is 0 Å². The number of anilines is 1. The molecular formula is C15H23ClN4O2S. The topological polar surface area (TPSA) is 79.5 Å². The maximum Gasteiger partial charge on any atom is 0.246 e. The van der Waals surface area contributed by atoms with Crippen molar-refractivity contribution in [3.8, 4) is 0 Å². The Hall–Kier alpha value is -0.890. The van der Waals surface area contributed by atoms with E-state index in [0.717, 1.165) is 13.1 Å². The van der Waals surface area contributed by atoms with Gasteiger partial charge >= 0.3 is 0 Å². The minimum atomic E-state index is -3.63. The van der Waals surface area contributed by atoms with Gasteiger partial charge in [-0.15, -0.1) is 0 Å². The maximum atomic E-state index is 12.8. The van der Waals surface area contributed by atoms with Gasteiger partial charge in [0.05, 0.1) is 5.02 Å². The van der Waals surface area contributed by atoms with Crippen LogP contribution in [0.3, 0.4) is 0 Å². The lowest BCUT2D eigenvalue weighted by molar-refractivity contribution is 0.111. The highest BCUT2D eigenvalue weighted by Gasteiger charge is 2.32. The number of hydrogen-bond acceptors (Lipinski definition) is 5. The Morgan fingerprint density at radius 1 is 1.13 bits per heavy atom. The van der Waals surface area contributed by atoms with Gasteiger partial charge in [-0.3, -0.25) is 4.90 Å².